The molecule has 4 aromatic rings. The third-order valence-electron chi connectivity index (χ3n) is 4.02. The van der Waals surface area contributed by atoms with Crippen LogP contribution in [0.25, 0.3) is 10.2 Å². The molecule has 124 valence electrons. The van der Waals surface area contributed by atoms with E-state index >= 15 is 0 Å². The number of aromatic nitrogens is 2. The number of fused-ring (bicyclic) bond motifs is 1. The van der Waals surface area contributed by atoms with Crippen molar-refractivity contribution < 1.29 is 0 Å². The van der Waals surface area contributed by atoms with Crippen LogP contribution in [0.2, 0.25) is 0 Å². The summed E-state index contributed by atoms with van der Waals surface area (Å²) in [6, 6.07) is 20.6. The quantitative estimate of drug-likeness (QED) is 0.578. The lowest BCUT2D eigenvalue weighted by atomic mass is 10.1. The van der Waals surface area contributed by atoms with Gasteiger partial charge in [-0.1, -0.05) is 36.4 Å². The van der Waals surface area contributed by atoms with Gasteiger partial charge >= 0.3 is 0 Å². The van der Waals surface area contributed by atoms with Crippen LogP contribution in [-0.4, -0.2) is 9.97 Å². The van der Waals surface area contributed by atoms with E-state index in [4.69, 9.17) is 11.5 Å². The summed E-state index contributed by atoms with van der Waals surface area (Å²) in [5.74, 6) is 0.640. The van der Waals surface area contributed by atoms with Crippen molar-refractivity contribution in [2.24, 2.45) is 0 Å². The highest BCUT2D eigenvalue weighted by Gasteiger charge is 2.16. The fourth-order valence-electron chi connectivity index (χ4n) is 2.88. The second-order valence-electron chi connectivity index (χ2n) is 5.67. The fraction of sp³-hybridized carbons (Fsp3) is 0.0526. The normalized spacial score (nSPS) is 10.9. The molecule has 2 aromatic heterocycles. The molecular formula is C19H17N5S. The summed E-state index contributed by atoms with van der Waals surface area (Å²) in [6.45, 7) is 0.672. The molecule has 0 aliphatic carbocycles. The van der Waals surface area contributed by atoms with Crippen molar-refractivity contribution in [1.82, 2.24) is 9.97 Å². The summed E-state index contributed by atoms with van der Waals surface area (Å²) in [5, 5.41) is 2.96. The Hall–Kier alpha value is -3.12. The zero-order valence-corrected chi connectivity index (χ0v) is 14.3. The van der Waals surface area contributed by atoms with Crippen molar-refractivity contribution in [2.75, 3.05) is 16.4 Å². The molecule has 0 atom stereocenters. The number of nitrogens with two attached hydrogens (primary N) is 2. The number of rotatable bonds is 4. The van der Waals surface area contributed by atoms with Crippen LogP contribution in [0.5, 0.6) is 0 Å². The van der Waals surface area contributed by atoms with Crippen molar-refractivity contribution >= 4 is 44.7 Å². The third kappa shape index (κ3) is 2.99. The van der Waals surface area contributed by atoms with Crippen LogP contribution in [0.4, 0.5) is 23.1 Å². The first kappa shape index (κ1) is 15.4. The van der Waals surface area contributed by atoms with E-state index in [-0.39, 0.29) is 5.95 Å². The molecule has 4 rings (SSSR count). The Morgan fingerprint density at radius 3 is 2.04 bits per heavy atom. The number of thiophene rings is 1. The first-order valence-electron chi connectivity index (χ1n) is 7.89. The average Bonchev–Trinajstić information content (AvgIpc) is 3.04. The molecule has 0 saturated heterocycles. The Bertz CT molecular complexity index is 959. The minimum atomic E-state index is 0.210. The molecule has 25 heavy (non-hydrogen) atoms. The number of nitrogens with zero attached hydrogens (tertiary/aromatic N) is 3. The summed E-state index contributed by atoms with van der Waals surface area (Å²) < 4.78 is 0. The van der Waals surface area contributed by atoms with Crippen LogP contribution in [0.1, 0.15) is 5.56 Å². The number of anilines is 4. The van der Waals surface area contributed by atoms with Crippen molar-refractivity contribution in [3.63, 3.8) is 0 Å². The first-order valence-corrected chi connectivity index (χ1v) is 8.77. The van der Waals surface area contributed by atoms with Crippen LogP contribution >= 0.6 is 11.3 Å². The molecule has 2 aromatic carbocycles. The SMILES string of the molecule is Nc1nc(N)c2c(CN(c3ccccc3)c3ccccc3)csc2n1. The predicted octanol–water partition coefficient (Wildman–Crippen LogP) is 4.19. The molecule has 0 saturated carbocycles. The molecule has 6 heteroatoms. The Labute approximate surface area is 149 Å². The second kappa shape index (κ2) is 6.41. The molecule has 0 unspecified atom stereocenters. The minimum absolute atomic E-state index is 0.210. The van der Waals surface area contributed by atoms with Crippen LogP contribution < -0.4 is 16.4 Å². The summed E-state index contributed by atoms with van der Waals surface area (Å²) in [7, 11) is 0. The van der Waals surface area contributed by atoms with E-state index in [1.807, 2.05) is 36.4 Å². The van der Waals surface area contributed by atoms with Gasteiger partial charge in [0.2, 0.25) is 5.95 Å². The largest absolute Gasteiger partial charge is 0.383 e. The average molecular weight is 347 g/mol. The highest BCUT2D eigenvalue weighted by atomic mass is 32.1. The van der Waals surface area contributed by atoms with E-state index in [1.54, 1.807) is 0 Å². The van der Waals surface area contributed by atoms with Crippen LogP contribution in [0.15, 0.2) is 66.0 Å². The van der Waals surface area contributed by atoms with Gasteiger partial charge in [-0.15, -0.1) is 11.3 Å². The number of nitrogen functional groups attached to an aromatic ring is 2. The lowest BCUT2D eigenvalue weighted by Crippen LogP contribution is -2.16. The van der Waals surface area contributed by atoms with Gasteiger partial charge in [0.15, 0.2) is 0 Å². The van der Waals surface area contributed by atoms with Crippen LogP contribution in [-0.2, 0) is 6.54 Å². The summed E-state index contributed by atoms with van der Waals surface area (Å²) >= 11 is 1.54. The van der Waals surface area contributed by atoms with E-state index < -0.39 is 0 Å². The zero-order chi connectivity index (χ0) is 17.2. The van der Waals surface area contributed by atoms with Crippen molar-refractivity contribution in [3.05, 3.63) is 71.6 Å². The lowest BCUT2D eigenvalue weighted by molar-refractivity contribution is 0.988. The van der Waals surface area contributed by atoms with Gasteiger partial charge < -0.3 is 16.4 Å². The Balaban J connectivity index is 1.80. The molecule has 0 fully saturated rings. The van der Waals surface area contributed by atoms with Gasteiger partial charge in [-0.3, -0.25) is 0 Å². The minimum Gasteiger partial charge on any atom is -0.383 e. The number of benzene rings is 2. The van der Waals surface area contributed by atoms with Gasteiger partial charge in [0, 0.05) is 17.9 Å². The van der Waals surface area contributed by atoms with Crippen LogP contribution in [0, 0.1) is 0 Å². The number of para-hydroxylation sites is 2. The third-order valence-corrected chi connectivity index (χ3v) is 4.94. The van der Waals surface area contributed by atoms with Gasteiger partial charge in [-0.05, 0) is 35.2 Å². The standard InChI is InChI=1S/C19H17N5S/c20-17-16-13(12-25-18(16)23-19(21)22-17)11-24(14-7-3-1-4-8-14)15-9-5-2-6-10-15/h1-10,12H,11H2,(H4,20,21,22,23). The van der Waals surface area contributed by atoms with Gasteiger partial charge in [-0.2, -0.15) is 4.98 Å². The Morgan fingerprint density at radius 2 is 1.44 bits per heavy atom. The van der Waals surface area contributed by atoms with Gasteiger partial charge in [0.05, 0.1) is 5.39 Å². The summed E-state index contributed by atoms with van der Waals surface area (Å²) in [6.07, 6.45) is 0. The molecule has 0 spiro atoms. The smallest absolute Gasteiger partial charge is 0.223 e. The molecule has 2 heterocycles. The molecule has 0 bridgehead atoms. The van der Waals surface area contributed by atoms with Gasteiger partial charge in [0.25, 0.3) is 0 Å². The predicted molar refractivity (Wildman–Crippen MR) is 105 cm³/mol. The van der Waals surface area contributed by atoms with E-state index in [1.165, 1.54) is 11.3 Å². The monoisotopic (exact) mass is 347 g/mol. The van der Waals surface area contributed by atoms with Gasteiger partial charge in [0.1, 0.15) is 10.6 Å². The maximum Gasteiger partial charge on any atom is 0.223 e. The highest BCUT2D eigenvalue weighted by Crippen LogP contribution is 2.33. The van der Waals surface area contributed by atoms with Crippen molar-refractivity contribution in [3.8, 4) is 0 Å². The zero-order valence-electron chi connectivity index (χ0n) is 13.5. The molecule has 0 radical (unpaired) electrons. The van der Waals surface area contributed by atoms with E-state index in [9.17, 15) is 0 Å². The molecule has 0 amide bonds. The number of hydrogen-bond acceptors (Lipinski definition) is 6. The van der Waals surface area contributed by atoms with E-state index in [2.05, 4.69) is 44.5 Å². The lowest BCUT2D eigenvalue weighted by Gasteiger charge is -2.25. The maximum absolute atomic E-state index is 6.11. The molecule has 0 aliphatic heterocycles. The Morgan fingerprint density at radius 1 is 0.840 bits per heavy atom. The fourth-order valence-corrected chi connectivity index (χ4v) is 3.83. The number of hydrogen-bond donors (Lipinski definition) is 2. The highest BCUT2D eigenvalue weighted by molar-refractivity contribution is 7.17. The summed E-state index contributed by atoms with van der Waals surface area (Å²) in [5.41, 5.74) is 15.1. The van der Waals surface area contributed by atoms with E-state index in [0.29, 0.717) is 12.4 Å². The summed E-state index contributed by atoms with van der Waals surface area (Å²) in [4.78, 5) is 11.5. The second-order valence-corrected chi connectivity index (χ2v) is 6.52. The topological polar surface area (TPSA) is 81.1 Å². The molecule has 5 nitrogen and oxygen atoms in total. The van der Waals surface area contributed by atoms with E-state index in [0.717, 1.165) is 27.2 Å². The van der Waals surface area contributed by atoms with Gasteiger partial charge in [-0.25, -0.2) is 4.98 Å². The maximum atomic E-state index is 6.11. The van der Waals surface area contributed by atoms with Crippen LogP contribution in [0.3, 0.4) is 0 Å². The molecular weight excluding hydrogens is 330 g/mol. The van der Waals surface area contributed by atoms with Crippen molar-refractivity contribution in [2.45, 2.75) is 6.54 Å². The molecule has 4 N–H and O–H groups in total. The molecule has 0 aliphatic rings. The first-order chi connectivity index (χ1) is 12.2. The van der Waals surface area contributed by atoms with Crippen molar-refractivity contribution in [1.29, 1.82) is 0 Å². The Kier molecular flexibility index (Phi) is 3.95.